The van der Waals surface area contributed by atoms with Crippen LogP contribution in [0.2, 0.25) is 5.02 Å². The van der Waals surface area contributed by atoms with E-state index in [1.165, 1.54) is 11.8 Å². The first-order valence-corrected chi connectivity index (χ1v) is 9.86. The lowest BCUT2D eigenvalue weighted by Gasteiger charge is -2.19. The van der Waals surface area contributed by atoms with Gasteiger partial charge >= 0.3 is 0 Å². The summed E-state index contributed by atoms with van der Waals surface area (Å²) in [5, 5.41) is 4.41. The summed E-state index contributed by atoms with van der Waals surface area (Å²) in [5.74, 6) is 1.51. The second kappa shape index (κ2) is 9.12. The molecule has 0 fully saturated rings. The molecule has 2 aromatic carbocycles. The van der Waals surface area contributed by atoms with Gasteiger partial charge < -0.3 is 14.2 Å². The maximum absolute atomic E-state index is 12.7. The normalized spacial score (nSPS) is 11.9. The van der Waals surface area contributed by atoms with Gasteiger partial charge in [-0.05, 0) is 43.3 Å². The highest BCUT2D eigenvalue weighted by Gasteiger charge is 2.21. The molecular weight excluding hydrogens is 398 g/mol. The van der Waals surface area contributed by atoms with Gasteiger partial charge in [0.2, 0.25) is 17.6 Å². The molecule has 0 unspecified atom stereocenters. The predicted molar refractivity (Wildman–Crippen MR) is 110 cm³/mol. The SMILES string of the molecule is COc1cccc(-c2noc(CN(C)C(=O)[C@@H](C)Sc3ccc(Cl)cc3)n2)c1. The number of hydrogen-bond acceptors (Lipinski definition) is 6. The number of rotatable bonds is 7. The molecule has 1 atom stereocenters. The van der Waals surface area contributed by atoms with Crippen LogP contribution < -0.4 is 4.74 Å². The second-order valence-corrected chi connectivity index (χ2v) is 8.00. The average molecular weight is 418 g/mol. The molecule has 0 aliphatic rings. The molecule has 1 aromatic heterocycles. The molecule has 0 bridgehead atoms. The van der Waals surface area contributed by atoms with E-state index < -0.39 is 0 Å². The van der Waals surface area contributed by atoms with E-state index in [-0.39, 0.29) is 17.7 Å². The van der Waals surface area contributed by atoms with Crippen molar-refractivity contribution in [3.63, 3.8) is 0 Å². The van der Waals surface area contributed by atoms with E-state index in [0.29, 0.717) is 22.5 Å². The monoisotopic (exact) mass is 417 g/mol. The molecule has 0 aliphatic heterocycles. The van der Waals surface area contributed by atoms with Crippen molar-refractivity contribution in [2.45, 2.75) is 23.6 Å². The van der Waals surface area contributed by atoms with Crippen LogP contribution in [0.5, 0.6) is 5.75 Å². The molecule has 0 N–H and O–H groups in total. The first kappa shape index (κ1) is 20.2. The predicted octanol–water partition coefficient (Wildman–Crippen LogP) is 4.54. The Kier molecular flexibility index (Phi) is 6.59. The number of hydrogen-bond donors (Lipinski definition) is 0. The van der Waals surface area contributed by atoms with Crippen molar-refractivity contribution in [1.82, 2.24) is 15.0 Å². The fourth-order valence-corrected chi connectivity index (χ4v) is 3.67. The van der Waals surface area contributed by atoms with Gasteiger partial charge in [-0.15, -0.1) is 11.8 Å². The number of benzene rings is 2. The Balaban J connectivity index is 1.62. The summed E-state index contributed by atoms with van der Waals surface area (Å²) >= 11 is 7.38. The van der Waals surface area contributed by atoms with Gasteiger partial charge in [-0.2, -0.15) is 4.98 Å². The van der Waals surface area contributed by atoms with Crippen molar-refractivity contribution in [1.29, 1.82) is 0 Å². The van der Waals surface area contributed by atoms with Crippen molar-refractivity contribution in [2.24, 2.45) is 0 Å². The topological polar surface area (TPSA) is 68.5 Å². The van der Waals surface area contributed by atoms with E-state index in [2.05, 4.69) is 10.1 Å². The second-order valence-electron chi connectivity index (χ2n) is 6.15. The average Bonchev–Trinajstić information content (AvgIpc) is 3.17. The first-order valence-electron chi connectivity index (χ1n) is 8.60. The molecule has 3 aromatic rings. The molecule has 28 heavy (non-hydrogen) atoms. The van der Waals surface area contributed by atoms with Crippen LogP contribution in [0.1, 0.15) is 12.8 Å². The zero-order valence-electron chi connectivity index (χ0n) is 15.8. The van der Waals surface area contributed by atoms with Crippen molar-refractivity contribution < 1.29 is 14.1 Å². The molecule has 146 valence electrons. The summed E-state index contributed by atoms with van der Waals surface area (Å²) in [6.45, 7) is 2.11. The minimum Gasteiger partial charge on any atom is -0.497 e. The van der Waals surface area contributed by atoms with Crippen LogP contribution in [-0.2, 0) is 11.3 Å². The van der Waals surface area contributed by atoms with Crippen LogP contribution in [-0.4, -0.2) is 40.4 Å². The van der Waals surface area contributed by atoms with Crippen molar-refractivity contribution in [3.05, 3.63) is 59.4 Å². The van der Waals surface area contributed by atoms with Crippen LogP contribution in [0.25, 0.3) is 11.4 Å². The lowest BCUT2D eigenvalue weighted by molar-refractivity contribution is -0.129. The minimum atomic E-state index is -0.257. The van der Waals surface area contributed by atoms with Crippen LogP contribution in [0.3, 0.4) is 0 Å². The van der Waals surface area contributed by atoms with E-state index in [1.807, 2.05) is 55.5 Å². The van der Waals surface area contributed by atoms with E-state index in [0.717, 1.165) is 10.5 Å². The van der Waals surface area contributed by atoms with E-state index >= 15 is 0 Å². The van der Waals surface area contributed by atoms with Gasteiger partial charge in [0.25, 0.3) is 0 Å². The summed E-state index contributed by atoms with van der Waals surface area (Å²) in [4.78, 5) is 19.6. The number of amides is 1. The quantitative estimate of drug-likeness (QED) is 0.526. The largest absolute Gasteiger partial charge is 0.497 e. The molecule has 1 heterocycles. The number of nitrogens with zero attached hydrogens (tertiary/aromatic N) is 3. The Morgan fingerprint density at radius 3 is 2.75 bits per heavy atom. The summed E-state index contributed by atoms with van der Waals surface area (Å²) in [6.07, 6.45) is 0. The number of aromatic nitrogens is 2. The molecule has 0 saturated carbocycles. The van der Waals surface area contributed by atoms with E-state index in [9.17, 15) is 4.79 Å². The molecule has 6 nitrogen and oxygen atoms in total. The number of carbonyl (C=O) groups is 1. The lowest BCUT2D eigenvalue weighted by atomic mass is 10.2. The van der Waals surface area contributed by atoms with Gasteiger partial charge in [-0.1, -0.05) is 28.9 Å². The molecular formula is C20H20ClN3O3S. The summed E-state index contributed by atoms with van der Waals surface area (Å²) < 4.78 is 10.5. The van der Waals surface area contributed by atoms with Gasteiger partial charge in [0.1, 0.15) is 5.75 Å². The summed E-state index contributed by atoms with van der Waals surface area (Å²) in [7, 11) is 3.32. The Bertz CT molecular complexity index is 946. The highest BCUT2D eigenvalue weighted by molar-refractivity contribution is 8.00. The molecule has 3 rings (SSSR count). The highest BCUT2D eigenvalue weighted by atomic mass is 35.5. The maximum atomic E-state index is 12.7. The summed E-state index contributed by atoms with van der Waals surface area (Å²) in [6, 6.07) is 14.8. The number of halogens is 1. The molecule has 0 saturated heterocycles. The number of ether oxygens (including phenoxy) is 1. The van der Waals surface area contributed by atoms with Crippen molar-refractivity contribution in [3.8, 4) is 17.1 Å². The van der Waals surface area contributed by atoms with E-state index in [1.54, 1.807) is 19.1 Å². The number of methoxy groups -OCH3 is 1. The van der Waals surface area contributed by atoms with Gasteiger partial charge in [0.15, 0.2) is 0 Å². The van der Waals surface area contributed by atoms with Gasteiger partial charge in [0, 0.05) is 22.5 Å². The fourth-order valence-electron chi connectivity index (χ4n) is 2.56. The van der Waals surface area contributed by atoms with Crippen molar-refractivity contribution in [2.75, 3.05) is 14.2 Å². The number of thioether (sulfide) groups is 1. The molecule has 0 radical (unpaired) electrons. The van der Waals surface area contributed by atoms with Gasteiger partial charge in [0.05, 0.1) is 18.9 Å². The third-order valence-electron chi connectivity index (χ3n) is 4.02. The third kappa shape index (κ3) is 5.05. The third-order valence-corrected chi connectivity index (χ3v) is 5.37. The Hall–Kier alpha value is -2.51. The van der Waals surface area contributed by atoms with Gasteiger partial charge in [-0.25, -0.2) is 0 Å². The molecule has 1 amide bonds. The van der Waals surface area contributed by atoms with E-state index in [4.69, 9.17) is 20.9 Å². The standard InChI is InChI=1S/C20H20ClN3O3S/c1-13(28-17-9-7-15(21)8-10-17)20(25)24(2)12-18-22-19(23-27-18)14-5-4-6-16(11-14)26-3/h4-11,13H,12H2,1-3H3/t13-/m1/s1. The molecule has 0 aliphatic carbocycles. The highest BCUT2D eigenvalue weighted by Crippen LogP contribution is 2.26. The van der Waals surface area contributed by atoms with Gasteiger partial charge in [-0.3, -0.25) is 4.79 Å². The Morgan fingerprint density at radius 1 is 1.29 bits per heavy atom. The number of carbonyl (C=O) groups excluding carboxylic acids is 1. The van der Waals surface area contributed by atoms with Crippen LogP contribution >= 0.6 is 23.4 Å². The lowest BCUT2D eigenvalue weighted by Crippen LogP contribution is -2.32. The van der Waals surface area contributed by atoms with Crippen LogP contribution in [0.4, 0.5) is 0 Å². The Morgan fingerprint density at radius 2 is 2.04 bits per heavy atom. The van der Waals surface area contributed by atoms with Crippen LogP contribution in [0, 0.1) is 0 Å². The molecule has 0 spiro atoms. The van der Waals surface area contributed by atoms with Crippen molar-refractivity contribution >= 4 is 29.3 Å². The maximum Gasteiger partial charge on any atom is 0.246 e. The zero-order valence-corrected chi connectivity index (χ0v) is 17.3. The minimum absolute atomic E-state index is 0.0268. The Labute approximate surface area is 172 Å². The van der Waals surface area contributed by atoms with Crippen LogP contribution in [0.15, 0.2) is 57.9 Å². The molecule has 8 heteroatoms. The first-order chi connectivity index (χ1) is 13.5. The summed E-state index contributed by atoms with van der Waals surface area (Å²) in [5.41, 5.74) is 0.787. The fraction of sp³-hybridized carbons (Fsp3) is 0.250. The smallest absolute Gasteiger partial charge is 0.246 e. The zero-order chi connectivity index (χ0) is 20.1.